The lowest BCUT2D eigenvalue weighted by Crippen LogP contribution is -2.05. The summed E-state index contributed by atoms with van der Waals surface area (Å²) in [7, 11) is 0. The quantitative estimate of drug-likeness (QED) is 0.805. The molecule has 0 bridgehead atoms. The number of halogens is 2. The van der Waals surface area contributed by atoms with Crippen LogP contribution in [0.4, 0.5) is 0 Å². The Hall–Kier alpha value is -0.250. The molecule has 0 amide bonds. The van der Waals surface area contributed by atoms with Crippen molar-refractivity contribution >= 4 is 27.5 Å². The molecule has 12 heavy (non-hydrogen) atoms. The fourth-order valence-corrected chi connectivity index (χ4v) is 1.77. The maximum Gasteiger partial charge on any atom is 0.134 e. The second kappa shape index (κ2) is 3.64. The van der Waals surface area contributed by atoms with Crippen molar-refractivity contribution in [1.82, 2.24) is 0 Å². The van der Waals surface area contributed by atoms with Gasteiger partial charge in [0.1, 0.15) is 5.75 Å². The summed E-state index contributed by atoms with van der Waals surface area (Å²) in [5.74, 6) is 0.161. The van der Waals surface area contributed by atoms with Crippen LogP contribution in [0, 0.1) is 0 Å². The summed E-state index contributed by atoms with van der Waals surface area (Å²) in [6.45, 7) is 1.79. The van der Waals surface area contributed by atoms with E-state index in [1.54, 1.807) is 19.1 Å². The van der Waals surface area contributed by atoms with E-state index in [1.165, 1.54) is 0 Å². The van der Waals surface area contributed by atoms with E-state index in [1.807, 2.05) is 0 Å². The van der Waals surface area contributed by atoms with Gasteiger partial charge >= 0.3 is 0 Å². The zero-order valence-electron chi connectivity index (χ0n) is 6.51. The molecule has 0 saturated heterocycles. The molecule has 1 aromatic rings. The van der Waals surface area contributed by atoms with Gasteiger partial charge in [-0.25, -0.2) is 0 Å². The molecular weight excluding hydrogens is 241 g/mol. The van der Waals surface area contributed by atoms with E-state index in [4.69, 9.17) is 17.3 Å². The van der Waals surface area contributed by atoms with Crippen molar-refractivity contribution < 1.29 is 5.11 Å². The fraction of sp³-hybridized carbons (Fsp3) is 0.250. The number of benzene rings is 1. The van der Waals surface area contributed by atoms with E-state index < -0.39 is 0 Å². The highest BCUT2D eigenvalue weighted by molar-refractivity contribution is 9.10. The average molecular weight is 251 g/mol. The zero-order valence-corrected chi connectivity index (χ0v) is 8.85. The van der Waals surface area contributed by atoms with Crippen molar-refractivity contribution in [2.75, 3.05) is 0 Å². The third-order valence-electron chi connectivity index (χ3n) is 1.55. The molecule has 0 heterocycles. The highest BCUT2D eigenvalue weighted by Gasteiger charge is 2.10. The topological polar surface area (TPSA) is 46.2 Å². The van der Waals surface area contributed by atoms with Gasteiger partial charge in [-0.15, -0.1) is 0 Å². The van der Waals surface area contributed by atoms with E-state index in [2.05, 4.69) is 15.9 Å². The Balaban J connectivity index is 3.28. The molecule has 0 radical (unpaired) electrons. The lowest BCUT2D eigenvalue weighted by molar-refractivity contribution is 0.460. The van der Waals surface area contributed by atoms with Gasteiger partial charge in [0.15, 0.2) is 0 Å². The summed E-state index contributed by atoms with van der Waals surface area (Å²) in [6, 6.07) is 3.06. The maximum atomic E-state index is 9.51. The molecule has 0 saturated carbocycles. The van der Waals surface area contributed by atoms with Crippen molar-refractivity contribution in [1.29, 1.82) is 0 Å². The molecule has 3 N–H and O–H groups in total. The van der Waals surface area contributed by atoms with Crippen molar-refractivity contribution in [2.24, 2.45) is 5.73 Å². The van der Waals surface area contributed by atoms with Crippen LogP contribution in [-0.4, -0.2) is 5.11 Å². The molecule has 1 aromatic carbocycles. The van der Waals surface area contributed by atoms with Crippen LogP contribution in [0.2, 0.25) is 5.02 Å². The summed E-state index contributed by atoms with van der Waals surface area (Å²) in [6.07, 6.45) is 0. The van der Waals surface area contributed by atoms with E-state index in [0.717, 1.165) is 0 Å². The standard InChI is InChI=1S/C8H9BrClNO/c1-4(11)6-2-5(10)3-7(9)8(6)12/h2-4,12H,11H2,1H3/t4-/m1/s1. The predicted octanol–water partition coefficient (Wildman–Crippen LogP) is 2.83. The second-order valence-electron chi connectivity index (χ2n) is 2.61. The Bertz CT molecular complexity index is 301. The monoisotopic (exact) mass is 249 g/mol. The number of phenolic OH excluding ortho intramolecular Hbond substituents is 1. The Morgan fingerprint density at radius 2 is 2.17 bits per heavy atom. The molecule has 0 spiro atoms. The molecule has 0 aliphatic rings. The number of aromatic hydroxyl groups is 1. The molecule has 1 rings (SSSR count). The second-order valence-corrected chi connectivity index (χ2v) is 3.90. The van der Waals surface area contributed by atoms with Crippen LogP contribution in [0.25, 0.3) is 0 Å². The highest BCUT2D eigenvalue weighted by Crippen LogP contribution is 2.33. The molecule has 0 aromatic heterocycles. The average Bonchev–Trinajstić information content (AvgIpc) is 1.96. The predicted molar refractivity (Wildman–Crippen MR) is 53.4 cm³/mol. The first-order valence-corrected chi connectivity index (χ1v) is 4.63. The number of hydrogen-bond donors (Lipinski definition) is 2. The number of rotatable bonds is 1. The van der Waals surface area contributed by atoms with Crippen LogP contribution in [0.3, 0.4) is 0 Å². The van der Waals surface area contributed by atoms with Gasteiger partial charge in [0.05, 0.1) is 4.47 Å². The van der Waals surface area contributed by atoms with Gasteiger partial charge in [0.25, 0.3) is 0 Å². The van der Waals surface area contributed by atoms with Gasteiger partial charge in [0, 0.05) is 16.6 Å². The number of hydrogen-bond acceptors (Lipinski definition) is 2. The van der Waals surface area contributed by atoms with Gasteiger partial charge in [-0.3, -0.25) is 0 Å². The Kier molecular flexibility index (Phi) is 2.99. The van der Waals surface area contributed by atoms with E-state index in [-0.39, 0.29) is 11.8 Å². The summed E-state index contributed by atoms with van der Waals surface area (Å²) >= 11 is 8.94. The summed E-state index contributed by atoms with van der Waals surface area (Å²) in [5.41, 5.74) is 6.26. The first-order chi connectivity index (χ1) is 5.52. The summed E-state index contributed by atoms with van der Waals surface area (Å²) in [4.78, 5) is 0. The van der Waals surface area contributed by atoms with Crippen LogP contribution in [0.15, 0.2) is 16.6 Å². The number of nitrogens with two attached hydrogens (primary N) is 1. The van der Waals surface area contributed by atoms with Gasteiger partial charge < -0.3 is 10.8 Å². The molecule has 0 fully saturated rings. The minimum atomic E-state index is -0.222. The molecule has 0 unspecified atom stereocenters. The molecule has 4 heteroatoms. The molecular formula is C8H9BrClNO. The van der Waals surface area contributed by atoms with Crippen molar-refractivity contribution in [2.45, 2.75) is 13.0 Å². The van der Waals surface area contributed by atoms with Crippen molar-refractivity contribution in [3.8, 4) is 5.75 Å². The van der Waals surface area contributed by atoms with Crippen molar-refractivity contribution in [3.05, 3.63) is 27.2 Å². The van der Waals surface area contributed by atoms with Gasteiger partial charge in [0.2, 0.25) is 0 Å². The Labute approximate surface area is 84.5 Å². The molecule has 0 aliphatic heterocycles. The van der Waals surface area contributed by atoms with Crippen LogP contribution < -0.4 is 5.73 Å². The normalized spacial score (nSPS) is 13.0. The van der Waals surface area contributed by atoms with Gasteiger partial charge in [-0.1, -0.05) is 11.6 Å². The molecule has 2 nitrogen and oxygen atoms in total. The third-order valence-corrected chi connectivity index (χ3v) is 2.37. The maximum absolute atomic E-state index is 9.51. The smallest absolute Gasteiger partial charge is 0.134 e. The first kappa shape index (κ1) is 9.84. The van der Waals surface area contributed by atoms with E-state index >= 15 is 0 Å². The lowest BCUT2D eigenvalue weighted by atomic mass is 10.1. The Morgan fingerprint density at radius 1 is 1.58 bits per heavy atom. The minimum absolute atomic E-state index is 0.161. The fourth-order valence-electron chi connectivity index (χ4n) is 0.933. The summed E-state index contributed by atoms with van der Waals surface area (Å²) in [5, 5.41) is 10.1. The number of phenols is 1. The largest absolute Gasteiger partial charge is 0.506 e. The molecule has 1 atom stereocenters. The van der Waals surface area contributed by atoms with Crippen LogP contribution in [-0.2, 0) is 0 Å². The summed E-state index contributed by atoms with van der Waals surface area (Å²) < 4.78 is 0.572. The zero-order chi connectivity index (χ0) is 9.30. The highest BCUT2D eigenvalue weighted by atomic mass is 79.9. The first-order valence-electron chi connectivity index (χ1n) is 3.46. The van der Waals surface area contributed by atoms with Crippen LogP contribution >= 0.6 is 27.5 Å². The van der Waals surface area contributed by atoms with Crippen molar-refractivity contribution in [3.63, 3.8) is 0 Å². The van der Waals surface area contributed by atoms with E-state index in [9.17, 15) is 5.11 Å². The minimum Gasteiger partial charge on any atom is -0.506 e. The third kappa shape index (κ3) is 1.91. The molecule has 66 valence electrons. The Morgan fingerprint density at radius 3 is 2.67 bits per heavy atom. The van der Waals surface area contributed by atoms with E-state index in [0.29, 0.717) is 15.1 Å². The lowest BCUT2D eigenvalue weighted by Gasteiger charge is -2.09. The SMILES string of the molecule is C[C@@H](N)c1cc(Cl)cc(Br)c1O. The van der Waals surface area contributed by atoms with Crippen LogP contribution in [0.1, 0.15) is 18.5 Å². The van der Waals surface area contributed by atoms with Crippen LogP contribution in [0.5, 0.6) is 5.75 Å². The van der Waals surface area contributed by atoms with Gasteiger partial charge in [-0.05, 0) is 35.0 Å². The molecule has 0 aliphatic carbocycles. The van der Waals surface area contributed by atoms with Gasteiger partial charge in [-0.2, -0.15) is 0 Å².